The van der Waals surface area contributed by atoms with Gasteiger partial charge < -0.3 is 10.2 Å². The lowest BCUT2D eigenvalue weighted by atomic mass is 9.96. The third-order valence-corrected chi connectivity index (χ3v) is 5.33. The van der Waals surface area contributed by atoms with Gasteiger partial charge in [0.1, 0.15) is 0 Å². The molecule has 1 fully saturated rings. The largest absolute Gasteiger partial charge is 0.354 e. The maximum atomic E-state index is 12.2. The number of hydrogen-bond acceptors (Lipinski definition) is 6. The van der Waals surface area contributed by atoms with E-state index in [-0.39, 0.29) is 23.4 Å². The Morgan fingerprint density at radius 2 is 2.12 bits per heavy atom. The van der Waals surface area contributed by atoms with Crippen LogP contribution in [0.15, 0.2) is 10.9 Å². The molecule has 1 aliphatic rings. The van der Waals surface area contributed by atoms with E-state index in [1.807, 2.05) is 13.8 Å². The van der Waals surface area contributed by atoms with Crippen LogP contribution in [0.3, 0.4) is 0 Å². The Morgan fingerprint density at radius 3 is 2.76 bits per heavy atom. The van der Waals surface area contributed by atoms with E-state index in [2.05, 4.69) is 27.2 Å². The fourth-order valence-corrected chi connectivity index (χ4v) is 4.07. The van der Waals surface area contributed by atoms with Gasteiger partial charge in [-0.3, -0.25) is 9.59 Å². The zero-order valence-corrected chi connectivity index (χ0v) is 15.8. The van der Waals surface area contributed by atoms with Crippen LogP contribution < -0.4 is 15.8 Å². The molecule has 3 heterocycles. The molecule has 8 heteroatoms. The van der Waals surface area contributed by atoms with Gasteiger partial charge in [-0.15, -0.1) is 5.10 Å². The SMILES string of the molecule is CCCc1cc(=O)n2nc(N3CCC(C(=O)NC(C)C)CC3)sc2n1. The molecule has 0 aliphatic carbocycles. The van der Waals surface area contributed by atoms with Gasteiger partial charge in [0.15, 0.2) is 0 Å². The Balaban J connectivity index is 1.72. The summed E-state index contributed by atoms with van der Waals surface area (Å²) in [6.45, 7) is 7.57. The van der Waals surface area contributed by atoms with Crippen molar-refractivity contribution in [2.75, 3.05) is 18.0 Å². The summed E-state index contributed by atoms with van der Waals surface area (Å²) in [5.41, 5.74) is 0.703. The highest BCUT2D eigenvalue weighted by molar-refractivity contribution is 7.20. The second kappa shape index (κ2) is 7.51. The fourth-order valence-electron chi connectivity index (χ4n) is 3.09. The molecular weight excluding hydrogens is 338 g/mol. The molecule has 0 aromatic carbocycles. The van der Waals surface area contributed by atoms with Crippen molar-refractivity contribution >= 4 is 27.3 Å². The minimum absolute atomic E-state index is 0.0602. The third-order valence-electron chi connectivity index (χ3n) is 4.36. The summed E-state index contributed by atoms with van der Waals surface area (Å²) in [4.78, 5) is 31.7. The predicted molar refractivity (Wildman–Crippen MR) is 99.3 cm³/mol. The maximum Gasteiger partial charge on any atom is 0.275 e. The second-order valence-electron chi connectivity index (χ2n) is 6.84. The highest BCUT2D eigenvalue weighted by Crippen LogP contribution is 2.27. The highest BCUT2D eigenvalue weighted by atomic mass is 32.1. The van der Waals surface area contributed by atoms with Crippen molar-refractivity contribution in [3.63, 3.8) is 0 Å². The van der Waals surface area contributed by atoms with E-state index in [0.29, 0.717) is 4.96 Å². The van der Waals surface area contributed by atoms with Crippen molar-refractivity contribution in [3.8, 4) is 0 Å². The lowest BCUT2D eigenvalue weighted by Gasteiger charge is -2.31. The third kappa shape index (κ3) is 4.00. The zero-order chi connectivity index (χ0) is 18.0. The molecule has 1 amide bonds. The average Bonchev–Trinajstić information content (AvgIpc) is 2.99. The first-order valence-electron chi connectivity index (χ1n) is 8.93. The van der Waals surface area contributed by atoms with Gasteiger partial charge in [0.25, 0.3) is 5.56 Å². The van der Waals surface area contributed by atoms with Gasteiger partial charge in [-0.05, 0) is 33.1 Å². The fraction of sp³-hybridized carbons (Fsp3) is 0.647. The van der Waals surface area contributed by atoms with Crippen molar-refractivity contribution in [1.29, 1.82) is 0 Å². The van der Waals surface area contributed by atoms with E-state index in [9.17, 15) is 9.59 Å². The number of aromatic nitrogens is 3. The first-order valence-corrected chi connectivity index (χ1v) is 9.74. The van der Waals surface area contributed by atoms with Gasteiger partial charge in [0.2, 0.25) is 16.0 Å². The number of rotatable bonds is 5. The minimum Gasteiger partial charge on any atom is -0.354 e. The van der Waals surface area contributed by atoms with Crippen molar-refractivity contribution in [3.05, 3.63) is 22.1 Å². The average molecular weight is 363 g/mol. The molecule has 0 saturated carbocycles. The Hall–Kier alpha value is -1.96. The van der Waals surface area contributed by atoms with Crippen LogP contribution >= 0.6 is 11.3 Å². The molecule has 2 aromatic rings. The first-order chi connectivity index (χ1) is 12.0. The van der Waals surface area contributed by atoms with Crippen LogP contribution in [0.25, 0.3) is 4.96 Å². The van der Waals surface area contributed by atoms with Crippen LogP contribution in [-0.4, -0.2) is 39.6 Å². The molecule has 2 aromatic heterocycles. The number of carbonyl (C=O) groups is 1. The maximum absolute atomic E-state index is 12.2. The summed E-state index contributed by atoms with van der Waals surface area (Å²) in [7, 11) is 0. The molecule has 1 saturated heterocycles. The highest BCUT2D eigenvalue weighted by Gasteiger charge is 2.27. The predicted octanol–water partition coefficient (Wildman–Crippen LogP) is 1.84. The van der Waals surface area contributed by atoms with E-state index < -0.39 is 0 Å². The number of nitrogens with one attached hydrogen (secondary N) is 1. The summed E-state index contributed by atoms with van der Waals surface area (Å²) in [6.07, 6.45) is 3.37. The molecule has 0 atom stereocenters. The van der Waals surface area contributed by atoms with Crippen molar-refractivity contribution < 1.29 is 4.79 Å². The molecule has 25 heavy (non-hydrogen) atoms. The number of amides is 1. The normalized spacial score (nSPS) is 15.9. The summed E-state index contributed by atoms with van der Waals surface area (Å²) in [5.74, 6) is 0.200. The summed E-state index contributed by atoms with van der Waals surface area (Å²) >= 11 is 1.44. The second-order valence-corrected chi connectivity index (χ2v) is 7.77. The molecule has 0 spiro atoms. The smallest absolute Gasteiger partial charge is 0.275 e. The first kappa shape index (κ1) is 17.8. The van der Waals surface area contributed by atoms with Crippen molar-refractivity contribution in [2.24, 2.45) is 5.92 Å². The Kier molecular flexibility index (Phi) is 5.36. The molecule has 0 unspecified atom stereocenters. The monoisotopic (exact) mass is 363 g/mol. The van der Waals surface area contributed by atoms with Gasteiger partial charge in [0.05, 0.1) is 0 Å². The topological polar surface area (TPSA) is 79.6 Å². The Morgan fingerprint density at radius 1 is 1.40 bits per heavy atom. The van der Waals surface area contributed by atoms with Crippen LogP contribution in [-0.2, 0) is 11.2 Å². The number of aryl methyl sites for hydroxylation is 1. The van der Waals surface area contributed by atoms with Crippen LogP contribution in [0.1, 0.15) is 45.7 Å². The molecule has 0 radical (unpaired) electrons. The van der Waals surface area contributed by atoms with E-state index in [1.165, 1.54) is 15.9 Å². The van der Waals surface area contributed by atoms with Crippen LogP contribution in [0.5, 0.6) is 0 Å². The van der Waals surface area contributed by atoms with Gasteiger partial charge in [-0.1, -0.05) is 24.7 Å². The summed E-state index contributed by atoms with van der Waals surface area (Å²) < 4.78 is 1.39. The van der Waals surface area contributed by atoms with Crippen molar-refractivity contribution in [1.82, 2.24) is 19.9 Å². The van der Waals surface area contributed by atoms with Crippen LogP contribution in [0.2, 0.25) is 0 Å². The van der Waals surface area contributed by atoms with E-state index in [1.54, 1.807) is 6.07 Å². The quantitative estimate of drug-likeness (QED) is 0.877. The Bertz CT molecular complexity index is 805. The van der Waals surface area contributed by atoms with Gasteiger partial charge in [-0.2, -0.15) is 4.52 Å². The Labute approximate surface area is 151 Å². The number of hydrogen-bond donors (Lipinski definition) is 1. The molecule has 1 aliphatic heterocycles. The number of nitrogens with zero attached hydrogens (tertiary/aromatic N) is 4. The molecule has 1 N–H and O–H groups in total. The van der Waals surface area contributed by atoms with E-state index >= 15 is 0 Å². The molecule has 3 rings (SSSR count). The van der Waals surface area contributed by atoms with Gasteiger partial charge in [-0.25, -0.2) is 4.98 Å². The van der Waals surface area contributed by atoms with Crippen LogP contribution in [0, 0.1) is 5.92 Å². The van der Waals surface area contributed by atoms with Crippen LogP contribution in [0.4, 0.5) is 5.13 Å². The van der Waals surface area contributed by atoms with E-state index in [0.717, 1.165) is 49.6 Å². The molecule has 136 valence electrons. The molecule has 0 bridgehead atoms. The molecular formula is C17H25N5O2S. The van der Waals surface area contributed by atoms with Gasteiger partial charge in [0, 0.05) is 36.8 Å². The van der Waals surface area contributed by atoms with Gasteiger partial charge >= 0.3 is 0 Å². The lowest BCUT2D eigenvalue weighted by Crippen LogP contribution is -2.42. The number of anilines is 1. The number of carbonyl (C=O) groups excluding carboxylic acids is 1. The lowest BCUT2D eigenvalue weighted by molar-refractivity contribution is -0.126. The molecule has 7 nitrogen and oxygen atoms in total. The number of fused-ring (bicyclic) bond motifs is 1. The van der Waals surface area contributed by atoms with Crippen molar-refractivity contribution in [2.45, 2.75) is 52.5 Å². The standard InChI is InChI=1S/C17H25N5O2S/c1-4-5-13-10-14(23)22-16(19-13)25-17(20-22)21-8-6-12(7-9-21)15(24)18-11(2)3/h10-12H,4-9H2,1-3H3,(H,18,24). The zero-order valence-electron chi connectivity index (χ0n) is 15.0. The summed E-state index contributed by atoms with van der Waals surface area (Å²) in [6, 6.07) is 1.74. The summed E-state index contributed by atoms with van der Waals surface area (Å²) in [5, 5.41) is 8.24. The minimum atomic E-state index is -0.123. The number of piperidine rings is 1. The van der Waals surface area contributed by atoms with E-state index in [4.69, 9.17) is 0 Å².